The number of hydrogen-bond donors (Lipinski definition) is 1. The zero-order valence-corrected chi connectivity index (χ0v) is 17.4. The van der Waals surface area contributed by atoms with E-state index in [1.807, 2.05) is 36.6 Å². The van der Waals surface area contributed by atoms with E-state index >= 15 is 0 Å². The summed E-state index contributed by atoms with van der Waals surface area (Å²) in [6.07, 6.45) is 0.872. The molecular formula is C24H23N3OS. The van der Waals surface area contributed by atoms with Crippen LogP contribution < -0.4 is 5.73 Å². The van der Waals surface area contributed by atoms with Gasteiger partial charge in [-0.1, -0.05) is 60.2 Å². The third-order valence-electron chi connectivity index (χ3n) is 5.16. The van der Waals surface area contributed by atoms with Crippen LogP contribution in [-0.4, -0.2) is 15.5 Å². The number of rotatable bonds is 6. The van der Waals surface area contributed by atoms with Crippen LogP contribution in [0.4, 0.5) is 0 Å². The summed E-state index contributed by atoms with van der Waals surface area (Å²) >= 11 is 1.61. The van der Waals surface area contributed by atoms with E-state index in [0.29, 0.717) is 5.56 Å². The number of aromatic nitrogens is 2. The quantitative estimate of drug-likeness (QED) is 0.480. The average Bonchev–Trinajstić information content (AvgIpc) is 3.33. The van der Waals surface area contributed by atoms with Crippen molar-refractivity contribution >= 4 is 17.2 Å². The maximum absolute atomic E-state index is 11.9. The second-order valence-electron chi connectivity index (χ2n) is 7.18. The third-order valence-corrected chi connectivity index (χ3v) is 6.06. The lowest BCUT2D eigenvalue weighted by Gasteiger charge is -2.11. The lowest BCUT2D eigenvalue weighted by atomic mass is 10.1. The molecule has 146 valence electrons. The van der Waals surface area contributed by atoms with E-state index in [-0.39, 0.29) is 0 Å². The molecule has 4 rings (SSSR count). The van der Waals surface area contributed by atoms with Crippen molar-refractivity contribution < 1.29 is 4.79 Å². The van der Waals surface area contributed by atoms with E-state index in [9.17, 15) is 4.79 Å². The van der Waals surface area contributed by atoms with Gasteiger partial charge < -0.3 is 10.3 Å². The van der Waals surface area contributed by atoms with E-state index in [1.165, 1.54) is 11.1 Å². The van der Waals surface area contributed by atoms with Crippen LogP contribution in [0.25, 0.3) is 22.0 Å². The second kappa shape index (κ2) is 8.05. The van der Waals surface area contributed by atoms with Crippen LogP contribution in [0.3, 0.4) is 0 Å². The molecule has 0 unspecified atom stereocenters. The summed E-state index contributed by atoms with van der Waals surface area (Å²) in [5, 5.41) is 3.02. The topological polar surface area (TPSA) is 60.9 Å². The molecule has 1 amide bonds. The largest absolute Gasteiger partial charge is 0.366 e. The molecule has 5 heteroatoms. The molecule has 2 N–H and O–H groups in total. The van der Waals surface area contributed by atoms with Gasteiger partial charge in [0.05, 0.1) is 17.0 Å². The minimum atomic E-state index is -0.406. The van der Waals surface area contributed by atoms with Gasteiger partial charge in [0.2, 0.25) is 0 Å². The fraction of sp³-hybridized carbons (Fsp3) is 0.167. The van der Waals surface area contributed by atoms with Gasteiger partial charge in [0.1, 0.15) is 5.01 Å². The Morgan fingerprint density at radius 1 is 1.07 bits per heavy atom. The van der Waals surface area contributed by atoms with Crippen molar-refractivity contribution in [3.63, 3.8) is 0 Å². The second-order valence-corrected chi connectivity index (χ2v) is 8.04. The molecule has 0 atom stereocenters. The minimum Gasteiger partial charge on any atom is -0.366 e. The predicted octanol–water partition coefficient (Wildman–Crippen LogP) is 5.24. The average molecular weight is 402 g/mol. The molecule has 29 heavy (non-hydrogen) atoms. The molecule has 0 bridgehead atoms. The molecule has 2 heterocycles. The maximum atomic E-state index is 11.9. The minimum absolute atomic E-state index is 0.406. The number of benzene rings is 2. The van der Waals surface area contributed by atoms with Crippen molar-refractivity contribution in [3.05, 3.63) is 88.4 Å². The highest BCUT2D eigenvalue weighted by Gasteiger charge is 2.19. The fourth-order valence-corrected chi connectivity index (χ4v) is 4.32. The van der Waals surface area contributed by atoms with Crippen LogP contribution >= 0.6 is 11.3 Å². The van der Waals surface area contributed by atoms with Gasteiger partial charge in [-0.05, 0) is 31.9 Å². The van der Waals surface area contributed by atoms with Gasteiger partial charge >= 0.3 is 0 Å². The summed E-state index contributed by atoms with van der Waals surface area (Å²) in [4.78, 5) is 16.8. The lowest BCUT2D eigenvalue weighted by molar-refractivity contribution is 0.0999. The highest BCUT2D eigenvalue weighted by atomic mass is 32.1. The Kier molecular flexibility index (Phi) is 5.32. The summed E-state index contributed by atoms with van der Waals surface area (Å²) in [6.45, 7) is 4.78. The number of primary amides is 1. The van der Waals surface area contributed by atoms with Crippen molar-refractivity contribution in [2.24, 2.45) is 5.73 Å². The summed E-state index contributed by atoms with van der Waals surface area (Å²) < 4.78 is 2.15. The molecule has 0 aliphatic heterocycles. The van der Waals surface area contributed by atoms with Crippen LogP contribution in [0.2, 0.25) is 0 Å². The number of aryl methyl sites for hydroxylation is 2. The summed E-state index contributed by atoms with van der Waals surface area (Å²) in [7, 11) is 0. The molecule has 0 saturated heterocycles. The molecular weight excluding hydrogens is 378 g/mol. The van der Waals surface area contributed by atoms with Crippen molar-refractivity contribution in [1.82, 2.24) is 9.55 Å². The zero-order valence-electron chi connectivity index (χ0n) is 16.6. The smallest absolute Gasteiger partial charge is 0.250 e. The molecule has 0 spiro atoms. The van der Waals surface area contributed by atoms with Gasteiger partial charge in [0, 0.05) is 23.2 Å². The number of carbonyl (C=O) groups excluding carboxylic acids is 1. The highest BCUT2D eigenvalue weighted by Crippen LogP contribution is 2.31. The summed E-state index contributed by atoms with van der Waals surface area (Å²) in [6, 6.07) is 20.6. The van der Waals surface area contributed by atoms with Gasteiger partial charge in [-0.2, -0.15) is 0 Å². The molecule has 4 aromatic rings. The van der Waals surface area contributed by atoms with Gasteiger partial charge in [-0.3, -0.25) is 4.79 Å². The van der Waals surface area contributed by atoms with Crippen molar-refractivity contribution in [2.75, 3.05) is 0 Å². The molecule has 2 aromatic heterocycles. The summed E-state index contributed by atoms with van der Waals surface area (Å²) in [5.41, 5.74) is 12.4. The standard InChI is InChI=1S/C24H23N3OS/c1-16-8-10-19(11-9-16)24-26-21(15-29-24)22-14-20(23(25)28)17(2)27(22)13-12-18-6-4-3-5-7-18/h3-11,14-15H,12-13H2,1-2H3,(H2,25,28). The SMILES string of the molecule is Cc1ccc(-c2nc(-c3cc(C(N)=O)c(C)n3CCc3ccccc3)cs2)cc1. The van der Waals surface area contributed by atoms with Crippen LogP contribution in [0.1, 0.15) is 27.2 Å². The van der Waals surface area contributed by atoms with Crippen LogP contribution in [0.15, 0.2) is 66.0 Å². The highest BCUT2D eigenvalue weighted by molar-refractivity contribution is 7.13. The maximum Gasteiger partial charge on any atom is 0.250 e. The molecule has 0 fully saturated rings. The number of thiazole rings is 1. The first kappa shape index (κ1) is 19.2. The van der Waals surface area contributed by atoms with Crippen molar-refractivity contribution in [3.8, 4) is 22.0 Å². The van der Waals surface area contributed by atoms with E-state index < -0.39 is 5.91 Å². The van der Waals surface area contributed by atoms with E-state index in [2.05, 4.69) is 47.9 Å². The zero-order chi connectivity index (χ0) is 20.4. The Bertz CT molecular complexity index is 1140. The van der Waals surface area contributed by atoms with Gasteiger partial charge in [-0.15, -0.1) is 11.3 Å². The van der Waals surface area contributed by atoms with Crippen molar-refractivity contribution in [1.29, 1.82) is 0 Å². The van der Waals surface area contributed by atoms with Gasteiger partial charge in [-0.25, -0.2) is 4.98 Å². The van der Waals surface area contributed by atoms with Crippen molar-refractivity contribution in [2.45, 2.75) is 26.8 Å². The third kappa shape index (κ3) is 4.00. The number of nitrogens with zero attached hydrogens (tertiary/aromatic N) is 2. The van der Waals surface area contributed by atoms with Gasteiger partial charge in [0.15, 0.2) is 0 Å². The molecule has 0 aliphatic rings. The first-order chi connectivity index (χ1) is 14.0. The van der Waals surface area contributed by atoms with Gasteiger partial charge in [0.25, 0.3) is 5.91 Å². The lowest BCUT2D eigenvalue weighted by Crippen LogP contribution is -2.13. The number of amides is 1. The Morgan fingerprint density at radius 2 is 1.79 bits per heavy atom. The van der Waals surface area contributed by atoms with E-state index in [0.717, 1.165) is 40.6 Å². The molecule has 0 saturated carbocycles. The first-order valence-electron chi connectivity index (χ1n) is 9.59. The Morgan fingerprint density at radius 3 is 2.48 bits per heavy atom. The van der Waals surface area contributed by atoms with Crippen LogP contribution in [-0.2, 0) is 13.0 Å². The number of nitrogens with two attached hydrogens (primary N) is 1. The molecule has 2 aromatic carbocycles. The Balaban J connectivity index is 1.70. The Hall–Kier alpha value is -3.18. The Labute approximate surface area is 174 Å². The normalized spacial score (nSPS) is 11.0. The van der Waals surface area contributed by atoms with Crippen LogP contribution in [0, 0.1) is 13.8 Å². The summed E-state index contributed by atoms with van der Waals surface area (Å²) in [5.74, 6) is -0.406. The molecule has 4 nitrogen and oxygen atoms in total. The first-order valence-corrected chi connectivity index (χ1v) is 10.5. The fourth-order valence-electron chi connectivity index (χ4n) is 3.50. The number of carbonyl (C=O) groups is 1. The monoisotopic (exact) mass is 401 g/mol. The molecule has 0 aliphatic carbocycles. The molecule has 0 radical (unpaired) electrons. The van der Waals surface area contributed by atoms with Crippen LogP contribution in [0.5, 0.6) is 0 Å². The van der Waals surface area contributed by atoms with E-state index in [4.69, 9.17) is 10.7 Å². The predicted molar refractivity (Wildman–Crippen MR) is 119 cm³/mol. The van der Waals surface area contributed by atoms with E-state index in [1.54, 1.807) is 11.3 Å². The number of hydrogen-bond acceptors (Lipinski definition) is 3.